The van der Waals surface area contributed by atoms with Gasteiger partial charge in [-0.15, -0.1) is 10.2 Å². The zero-order chi connectivity index (χ0) is 14.9. The summed E-state index contributed by atoms with van der Waals surface area (Å²) in [4.78, 5) is 10.8. The number of hydrogen-bond acceptors (Lipinski definition) is 6. The van der Waals surface area contributed by atoms with E-state index in [1.165, 1.54) is 13.0 Å². The highest BCUT2D eigenvalue weighted by Crippen LogP contribution is 2.33. The van der Waals surface area contributed by atoms with Gasteiger partial charge in [-0.2, -0.15) is 13.2 Å². The molecule has 0 bridgehead atoms. The van der Waals surface area contributed by atoms with Crippen molar-refractivity contribution in [3.63, 3.8) is 0 Å². The quantitative estimate of drug-likeness (QED) is 0.903. The largest absolute Gasteiger partial charge is 0.478 e. The molecule has 0 radical (unpaired) electrons. The minimum absolute atomic E-state index is 0.00930. The first-order chi connectivity index (χ1) is 9.27. The zero-order valence-electron chi connectivity index (χ0n) is 9.98. The number of halogens is 3. The lowest BCUT2D eigenvalue weighted by molar-refractivity contribution is -0.138. The van der Waals surface area contributed by atoms with Gasteiger partial charge in [-0.3, -0.25) is 0 Å². The third-order valence-electron chi connectivity index (χ3n) is 2.28. The highest BCUT2D eigenvalue weighted by Gasteiger charge is 2.35. The Bertz CT molecular complexity index is 635. The number of aryl methyl sites for hydroxylation is 1. The summed E-state index contributed by atoms with van der Waals surface area (Å²) in [5.41, 5.74) is 0.00930. The van der Waals surface area contributed by atoms with E-state index in [-0.39, 0.29) is 28.8 Å². The van der Waals surface area contributed by atoms with Crippen LogP contribution in [0.4, 0.5) is 18.3 Å². The van der Waals surface area contributed by atoms with Gasteiger partial charge < -0.3 is 14.8 Å². The molecule has 0 spiro atoms. The predicted molar refractivity (Wildman–Crippen MR) is 62.6 cm³/mol. The summed E-state index contributed by atoms with van der Waals surface area (Å²) in [6.07, 6.45) is -4.53. The summed E-state index contributed by atoms with van der Waals surface area (Å²) in [7, 11) is 0. The molecule has 0 unspecified atom stereocenters. The van der Waals surface area contributed by atoms with E-state index in [0.717, 1.165) is 0 Å². The summed E-state index contributed by atoms with van der Waals surface area (Å²) < 4.78 is 42.1. The zero-order valence-corrected chi connectivity index (χ0v) is 10.8. The molecule has 0 fully saturated rings. The van der Waals surface area contributed by atoms with E-state index in [2.05, 4.69) is 15.5 Å². The summed E-state index contributed by atoms with van der Waals surface area (Å²) in [5, 5.41) is 16.7. The van der Waals surface area contributed by atoms with Crippen LogP contribution >= 0.6 is 11.3 Å². The van der Waals surface area contributed by atoms with E-state index in [0.29, 0.717) is 11.3 Å². The van der Waals surface area contributed by atoms with Crippen LogP contribution in [0, 0.1) is 6.92 Å². The maximum absolute atomic E-state index is 12.3. The van der Waals surface area contributed by atoms with Gasteiger partial charge in [-0.05, 0) is 13.0 Å². The van der Waals surface area contributed by atoms with E-state index in [4.69, 9.17) is 9.52 Å². The molecule has 0 aliphatic carbocycles. The number of carbonyl (C=O) groups is 1. The Morgan fingerprint density at radius 3 is 2.70 bits per heavy atom. The van der Waals surface area contributed by atoms with E-state index < -0.39 is 17.2 Å². The Balaban J connectivity index is 2.04. The number of rotatable bonds is 4. The van der Waals surface area contributed by atoms with Crippen molar-refractivity contribution >= 4 is 22.4 Å². The van der Waals surface area contributed by atoms with E-state index in [1.807, 2.05) is 0 Å². The second-order valence-electron chi connectivity index (χ2n) is 3.75. The standard InChI is InChI=1S/C10H8F3N3O3S/c1-4-6(7(17)18)2-5(19-4)3-14-9-16-15-8(20-9)10(11,12)13/h2H,3H2,1H3,(H,14,16)(H,17,18). The third kappa shape index (κ3) is 3.07. The molecule has 0 saturated heterocycles. The molecule has 0 aromatic carbocycles. The van der Waals surface area contributed by atoms with Gasteiger partial charge >= 0.3 is 12.1 Å². The summed E-state index contributed by atoms with van der Waals surface area (Å²) in [6.45, 7) is 1.50. The Morgan fingerprint density at radius 2 is 2.20 bits per heavy atom. The Hall–Kier alpha value is -2.10. The minimum Gasteiger partial charge on any atom is -0.478 e. The van der Waals surface area contributed by atoms with Gasteiger partial charge in [0, 0.05) is 0 Å². The first kappa shape index (κ1) is 14.3. The van der Waals surface area contributed by atoms with Crippen molar-refractivity contribution in [1.29, 1.82) is 0 Å². The molecule has 6 nitrogen and oxygen atoms in total. The number of nitrogens with one attached hydrogen (secondary N) is 1. The summed E-state index contributed by atoms with van der Waals surface area (Å²) in [5.74, 6) is -0.626. The molecule has 0 aliphatic rings. The van der Waals surface area contributed by atoms with E-state index >= 15 is 0 Å². The molecule has 10 heteroatoms. The first-order valence-electron chi connectivity index (χ1n) is 5.24. The van der Waals surface area contributed by atoms with Crippen LogP contribution < -0.4 is 5.32 Å². The second-order valence-corrected chi connectivity index (χ2v) is 4.73. The molecule has 2 N–H and O–H groups in total. The normalized spacial score (nSPS) is 11.6. The van der Waals surface area contributed by atoms with Crippen molar-refractivity contribution in [1.82, 2.24) is 10.2 Å². The Morgan fingerprint density at radius 1 is 1.50 bits per heavy atom. The maximum Gasteiger partial charge on any atom is 0.445 e. The predicted octanol–water partition coefficient (Wildman–Crippen LogP) is 2.77. The Labute approximate surface area is 114 Å². The SMILES string of the molecule is Cc1oc(CNc2nnc(C(F)(F)F)s2)cc1C(=O)O. The number of alkyl halides is 3. The molecular formula is C10H8F3N3O3S. The fraction of sp³-hybridized carbons (Fsp3) is 0.300. The lowest BCUT2D eigenvalue weighted by Gasteiger charge is -1.99. The van der Waals surface area contributed by atoms with Crippen LogP contribution in [0.5, 0.6) is 0 Å². The van der Waals surface area contributed by atoms with Crippen LogP contribution in [-0.4, -0.2) is 21.3 Å². The fourth-order valence-electron chi connectivity index (χ4n) is 1.42. The lowest BCUT2D eigenvalue weighted by atomic mass is 10.2. The average molecular weight is 307 g/mol. The number of aromatic nitrogens is 2. The Kier molecular flexibility index (Phi) is 3.66. The van der Waals surface area contributed by atoms with E-state index in [9.17, 15) is 18.0 Å². The summed E-state index contributed by atoms with van der Waals surface area (Å²) >= 11 is 0.360. The molecule has 108 valence electrons. The van der Waals surface area contributed by atoms with Gasteiger partial charge in [0.15, 0.2) is 0 Å². The number of furan rings is 1. The highest BCUT2D eigenvalue weighted by molar-refractivity contribution is 7.15. The monoisotopic (exact) mass is 307 g/mol. The lowest BCUT2D eigenvalue weighted by Crippen LogP contribution is -2.03. The smallest absolute Gasteiger partial charge is 0.445 e. The third-order valence-corrected chi connectivity index (χ3v) is 3.21. The average Bonchev–Trinajstić information content (AvgIpc) is 2.91. The maximum atomic E-state index is 12.3. The van der Waals surface area contributed by atoms with Crippen molar-refractivity contribution in [2.24, 2.45) is 0 Å². The van der Waals surface area contributed by atoms with Crippen LogP contribution in [0.3, 0.4) is 0 Å². The van der Waals surface area contributed by atoms with Crippen molar-refractivity contribution in [2.45, 2.75) is 19.6 Å². The van der Waals surface area contributed by atoms with E-state index in [1.54, 1.807) is 0 Å². The van der Waals surface area contributed by atoms with Crippen molar-refractivity contribution in [3.8, 4) is 0 Å². The second kappa shape index (κ2) is 5.12. The van der Waals surface area contributed by atoms with Crippen LogP contribution in [0.25, 0.3) is 0 Å². The minimum atomic E-state index is -4.53. The number of hydrogen-bond donors (Lipinski definition) is 2. The molecule has 2 rings (SSSR count). The van der Waals surface area contributed by atoms with Crippen LogP contribution in [0.15, 0.2) is 10.5 Å². The molecule has 2 aromatic rings. The van der Waals surface area contributed by atoms with Crippen LogP contribution in [0.1, 0.15) is 26.9 Å². The number of anilines is 1. The van der Waals surface area contributed by atoms with Gasteiger partial charge in [0.05, 0.1) is 6.54 Å². The number of carboxylic acids is 1. The molecule has 2 heterocycles. The van der Waals surface area contributed by atoms with Gasteiger partial charge in [-0.25, -0.2) is 4.79 Å². The van der Waals surface area contributed by atoms with Crippen LogP contribution in [0.2, 0.25) is 0 Å². The van der Waals surface area contributed by atoms with Crippen molar-refractivity contribution in [2.75, 3.05) is 5.32 Å². The van der Waals surface area contributed by atoms with Gasteiger partial charge in [0.1, 0.15) is 17.1 Å². The molecule has 0 saturated carbocycles. The molecule has 0 atom stereocenters. The number of nitrogens with zero attached hydrogens (tertiary/aromatic N) is 2. The van der Waals surface area contributed by atoms with Crippen molar-refractivity contribution < 1.29 is 27.5 Å². The molecule has 2 aromatic heterocycles. The molecule has 0 aliphatic heterocycles. The first-order valence-corrected chi connectivity index (χ1v) is 6.06. The van der Waals surface area contributed by atoms with Gasteiger partial charge in [0.25, 0.3) is 0 Å². The molecule has 0 amide bonds. The van der Waals surface area contributed by atoms with Crippen molar-refractivity contribution in [3.05, 3.63) is 28.2 Å². The molecular weight excluding hydrogens is 299 g/mol. The highest BCUT2D eigenvalue weighted by atomic mass is 32.1. The number of carboxylic acid groups (broad SMARTS) is 1. The molecule has 20 heavy (non-hydrogen) atoms. The summed E-state index contributed by atoms with van der Waals surface area (Å²) in [6, 6.07) is 1.30. The van der Waals surface area contributed by atoms with Gasteiger partial charge in [0.2, 0.25) is 10.1 Å². The topological polar surface area (TPSA) is 88.3 Å². The number of aromatic carboxylic acids is 1. The fourth-order valence-corrected chi connectivity index (χ4v) is 2.02. The van der Waals surface area contributed by atoms with Gasteiger partial charge in [-0.1, -0.05) is 11.3 Å². The van der Waals surface area contributed by atoms with Crippen LogP contribution in [-0.2, 0) is 12.7 Å².